The lowest BCUT2D eigenvalue weighted by Gasteiger charge is -2.05. The summed E-state index contributed by atoms with van der Waals surface area (Å²) in [6.45, 7) is 0. The van der Waals surface area contributed by atoms with Crippen LogP contribution in [0, 0.1) is 0 Å². The summed E-state index contributed by atoms with van der Waals surface area (Å²) in [6.07, 6.45) is 0. The molecular formula is C17H15N3OS. The Balaban J connectivity index is 1.81. The number of thioether (sulfide) groups is 1. The predicted octanol–water partition coefficient (Wildman–Crippen LogP) is 3.31. The Bertz CT molecular complexity index is 813. The Labute approximate surface area is 132 Å². The Morgan fingerprint density at radius 1 is 1.05 bits per heavy atom. The molecule has 0 radical (unpaired) electrons. The first-order valence-corrected chi connectivity index (χ1v) is 7.83. The second kappa shape index (κ2) is 6.49. The Morgan fingerprint density at radius 2 is 1.77 bits per heavy atom. The van der Waals surface area contributed by atoms with Crippen molar-refractivity contribution in [1.82, 2.24) is 9.97 Å². The molecule has 0 saturated carbocycles. The maximum Gasteiger partial charge on any atom is 0.252 e. The molecule has 0 fully saturated rings. The fraction of sp³-hybridized carbons (Fsp3) is 0.0588. The van der Waals surface area contributed by atoms with Gasteiger partial charge in [-0.1, -0.05) is 54.2 Å². The average molecular weight is 309 g/mol. The van der Waals surface area contributed by atoms with E-state index in [0.717, 1.165) is 22.6 Å². The van der Waals surface area contributed by atoms with Crippen LogP contribution in [0.25, 0.3) is 11.3 Å². The quantitative estimate of drug-likeness (QED) is 0.440. The molecule has 3 rings (SSSR count). The molecule has 0 spiro atoms. The van der Waals surface area contributed by atoms with Gasteiger partial charge in [-0.3, -0.25) is 4.79 Å². The third kappa shape index (κ3) is 3.56. The summed E-state index contributed by atoms with van der Waals surface area (Å²) < 4.78 is 0. The van der Waals surface area contributed by atoms with Crippen molar-refractivity contribution in [3.8, 4) is 11.3 Å². The van der Waals surface area contributed by atoms with Gasteiger partial charge in [0.2, 0.25) is 0 Å². The molecule has 1 aromatic heterocycles. The number of aromatic nitrogens is 2. The van der Waals surface area contributed by atoms with Crippen molar-refractivity contribution in [3.63, 3.8) is 0 Å². The number of rotatable bonds is 4. The van der Waals surface area contributed by atoms with Gasteiger partial charge in [-0.25, -0.2) is 4.98 Å². The van der Waals surface area contributed by atoms with E-state index in [-0.39, 0.29) is 5.56 Å². The van der Waals surface area contributed by atoms with Crippen LogP contribution in [0.4, 0.5) is 5.69 Å². The fourth-order valence-corrected chi connectivity index (χ4v) is 2.86. The average Bonchev–Trinajstić information content (AvgIpc) is 2.55. The highest BCUT2D eigenvalue weighted by atomic mass is 32.2. The van der Waals surface area contributed by atoms with Gasteiger partial charge in [-0.15, -0.1) is 0 Å². The maximum absolute atomic E-state index is 11.8. The van der Waals surface area contributed by atoms with E-state index in [2.05, 4.69) is 9.97 Å². The summed E-state index contributed by atoms with van der Waals surface area (Å²) in [5.41, 5.74) is 9.02. The minimum atomic E-state index is -0.145. The lowest BCUT2D eigenvalue weighted by atomic mass is 10.1. The van der Waals surface area contributed by atoms with Crippen LogP contribution in [0.5, 0.6) is 0 Å². The SMILES string of the molecule is Nc1ccc(CSc2nc(-c3ccccc3)cc(=O)[nH]2)cc1. The molecule has 0 amide bonds. The van der Waals surface area contributed by atoms with Gasteiger partial charge in [0, 0.05) is 23.1 Å². The highest BCUT2D eigenvalue weighted by molar-refractivity contribution is 7.98. The van der Waals surface area contributed by atoms with Gasteiger partial charge < -0.3 is 10.7 Å². The second-order valence-electron chi connectivity index (χ2n) is 4.83. The fourth-order valence-electron chi connectivity index (χ4n) is 2.03. The smallest absolute Gasteiger partial charge is 0.252 e. The van der Waals surface area contributed by atoms with Crippen LogP contribution >= 0.6 is 11.8 Å². The third-order valence-corrected chi connectivity index (χ3v) is 4.09. The van der Waals surface area contributed by atoms with E-state index in [1.54, 1.807) is 0 Å². The molecule has 2 aromatic carbocycles. The minimum Gasteiger partial charge on any atom is -0.399 e. The van der Waals surface area contributed by atoms with Crippen molar-refractivity contribution in [1.29, 1.82) is 0 Å². The van der Waals surface area contributed by atoms with E-state index < -0.39 is 0 Å². The molecule has 5 heteroatoms. The van der Waals surface area contributed by atoms with Gasteiger partial charge in [0.1, 0.15) is 0 Å². The number of H-pyrrole nitrogens is 1. The van der Waals surface area contributed by atoms with Crippen LogP contribution in [0.15, 0.2) is 70.6 Å². The summed E-state index contributed by atoms with van der Waals surface area (Å²) in [5, 5.41) is 0.614. The maximum atomic E-state index is 11.8. The number of aromatic amines is 1. The number of hydrogen-bond acceptors (Lipinski definition) is 4. The van der Waals surface area contributed by atoms with Crippen molar-refractivity contribution < 1.29 is 0 Å². The molecule has 0 unspecified atom stereocenters. The van der Waals surface area contributed by atoms with Crippen LogP contribution in [-0.2, 0) is 5.75 Å². The molecule has 3 N–H and O–H groups in total. The molecule has 0 aliphatic carbocycles. The van der Waals surface area contributed by atoms with Crippen molar-refractivity contribution in [2.45, 2.75) is 10.9 Å². The van der Waals surface area contributed by atoms with Gasteiger partial charge in [-0.2, -0.15) is 0 Å². The van der Waals surface area contributed by atoms with Crippen LogP contribution in [0.2, 0.25) is 0 Å². The molecule has 4 nitrogen and oxygen atoms in total. The highest BCUT2D eigenvalue weighted by Crippen LogP contribution is 2.22. The zero-order chi connectivity index (χ0) is 15.4. The summed E-state index contributed by atoms with van der Waals surface area (Å²) in [7, 11) is 0. The van der Waals surface area contributed by atoms with Gasteiger partial charge >= 0.3 is 0 Å². The number of anilines is 1. The molecule has 0 bridgehead atoms. The first-order chi connectivity index (χ1) is 10.7. The van der Waals surface area contributed by atoms with Crippen molar-refractivity contribution in [2.24, 2.45) is 0 Å². The molecule has 0 saturated heterocycles. The van der Waals surface area contributed by atoms with E-state index in [1.165, 1.54) is 17.8 Å². The first kappa shape index (κ1) is 14.4. The topological polar surface area (TPSA) is 71.8 Å². The van der Waals surface area contributed by atoms with Gasteiger partial charge in [-0.05, 0) is 17.7 Å². The van der Waals surface area contributed by atoms with Crippen LogP contribution in [0.1, 0.15) is 5.56 Å². The first-order valence-electron chi connectivity index (χ1n) is 6.85. The van der Waals surface area contributed by atoms with Gasteiger partial charge in [0.05, 0.1) is 5.69 Å². The number of nitrogens with two attached hydrogens (primary N) is 1. The zero-order valence-electron chi connectivity index (χ0n) is 11.8. The molecule has 0 aliphatic rings. The zero-order valence-corrected chi connectivity index (χ0v) is 12.6. The van der Waals surface area contributed by atoms with Gasteiger partial charge in [0.15, 0.2) is 5.16 Å². The van der Waals surface area contributed by atoms with E-state index in [1.807, 2.05) is 54.6 Å². The second-order valence-corrected chi connectivity index (χ2v) is 5.80. The number of benzene rings is 2. The predicted molar refractivity (Wildman–Crippen MR) is 90.7 cm³/mol. The molecule has 0 atom stereocenters. The van der Waals surface area contributed by atoms with Crippen molar-refractivity contribution in [3.05, 3.63) is 76.6 Å². The normalized spacial score (nSPS) is 10.5. The van der Waals surface area contributed by atoms with Gasteiger partial charge in [0.25, 0.3) is 5.56 Å². The number of nitrogens with one attached hydrogen (secondary N) is 1. The summed E-state index contributed by atoms with van der Waals surface area (Å²) in [6, 6.07) is 18.9. The number of nitrogens with zero attached hydrogens (tertiary/aromatic N) is 1. The lowest BCUT2D eigenvalue weighted by Crippen LogP contribution is -2.08. The highest BCUT2D eigenvalue weighted by Gasteiger charge is 2.05. The van der Waals surface area contributed by atoms with E-state index in [0.29, 0.717) is 10.9 Å². The molecule has 0 aliphatic heterocycles. The monoisotopic (exact) mass is 309 g/mol. The Kier molecular flexibility index (Phi) is 4.25. The largest absolute Gasteiger partial charge is 0.399 e. The molecule has 1 heterocycles. The van der Waals surface area contributed by atoms with Crippen LogP contribution < -0.4 is 11.3 Å². The van der Waals surface area contributed by atoms with Crippen molar-refractivity contribution >= 4 is 17.4 Å². The van der Waals surface area contributed by atoms with Crippen LogP contribution in [-0.4, -0.2) is 9.97 Å². The van der Waals surface area contributed by atoms with E-state index in [9.17, 15) is 4.79 Å². The third-order valence-electron chi connectivity index (χ3n) is 3.14. The molecule has 3 aromatic rings. The molecule has 110 valence electrons. The Hall–Kier alpha value is -2.53. The summed E-state index contributed by atoms with van der Waals surface area (Å²) in [5.74, 6) is 0.724. The minimum absolute atomic E-state index is 0.145. The molecule has 22 heavy (non-hydrogen) atoms. The Morgan fingerprint density at radius 3 is 2.50 bits per heavy atom. The van der Waals surface area contributed by atoms with Crippen molar-refractivity contribution in [2.75, 3.05) is 5.73 Å². The molecular weight excluding hydrogens is 294 g/mol. The lowest BCUT2D eigenvalue weighted by molar-refractivity contribution is 0.942. The summed E-state index contributed by atoms with van der Waals surface area (Å²) >= 11 is 1.49. The summed E-state index contributed by atoms with van der Waals surface area (Å²) in [4.78, 5) is 19.1. The number of nitrogen functional groups attached to an aromatic ring is 1. The number of hydrogen-bond donors (Lipinski definition) is 2. The van der Waals surface area contributed by atoms with Crippen LogP contribution in [0.3, 0.4) is 0 Å². The van der Waals surface area contributed by atoms with E-state index >= 15 is 0 Å². The van der Waals surface area contributed by atoms with E-state index in [4.69, 9.17) is 5.73 Å². The standard InChI is InChI=1S/C17H15N3OS/c18-14-8-6-12(7-9-14)11-22-17-19-15(10-16(21)20-17)13-4-2-1-3-5-13/h1-10H,11,18H2,(H,19,20,21).